The normalized spacial score (nSPS) is 15.0. The Morgan fingerprint density at radius 3 is 1.73 bits per heavy atom. The van der Waals surface area contributed by atoms with Crippen LogP contribution in [0.3, 0.4) is 0 Å². The van der Waals surface area contributed by atoms with Gasteiger partial charge in [0.05, 0.1) is 12.8 Å². The standard InChI is InChI=1S/C16H30O4S2/c1-4-5-6-7-8-9-16(19-14(17)10-12(2)21)20-15(18)11-13(3)22/h12-13,16,21-22H,4-11H2,1-3H3. The van der Waals surface area contributed by atoms with Gasteiger partial charge in [-0.2, -0.15) is 25.3 Å². The van der Waals surface area contributed by atoms with Crippen LogP contribution >= 0.6 is 25.3 Å². The molecule has 0 aromatic rings. The average molecular weight is 351 g/mol. The molecule has 0 rings (SSSR count). The molecule has 22 heavy (non-hydrogen) atoms. The van der Waals surface area contributed by atoms with E-state index in [-0.39, 0.29) is 35.3 Å². The number of rotatable bonds is 12. The molecule has 0 amide bonds. The maximum absolute atomic E-state index is 11.7. The van der Waals surface area contributed by atoms with E-state index < -0.39 is 6.29 Å². The largest absolute Gasteiger partial charge is 0.425 e. The molecule has 0 heterocycles. The number of esters is 2. The molecule has 0 bridgehead atoms. The third-order valence-electron chi connectivity index (χ3n) is 2.99. The fraction of sp³-hybridized carbons (Fsp3) is 0.875. The third kappa shape index (κ3) is 13.3. The molecule has 130 valence electrons. The van der Waals surface area contributed by atoms with Crippen LogP contribution in [0.25, 0.3) is 0 Å². The summed E-state index contributed by atoms with van der Waals surface area (Å²) in [6.45, 7) is 5.79. The fourth-order valence-electron chi connectivity index (χ4n) is 1.93. The van der Waals surface area contributed by atoms with Crippen LogP contribution in [0.4, 0.5) is 0 Å². The molecule has 0 N–H and O–H groups in total. The molecule has 0 aliphatic carbocycles. The number of thiol groups is 2. The van der Waals surface area contributed by atoms with Crippen LogP contribution in [-0.2, 0) is 19.1 Å². The van der Waals surface area contributed by atoms with E-state index in [2.05, 4.69) is 32.2 Å². The highest BCUT2D eigenvalue weighted by molar-refractivity contribution is 7.81. The minimum Gasteiger partial charge on any atom is -0.425 e. The topological polar surface area (TPSA) is 52.6 Å². The Kier molecular flexibility index (Phi) is 12.9. The summed E-state index contributed by atoms with van der Waals surface area (Å²) in [6, 6.07) is 0. The van der Waals surface area contributed by atoms with Gasteiger partial charge in [-0.05, 0) is 6.42 Å². The summed E-state index contributed by atoms with van der Waals surface area (Å²) in [6.07, 6.45) is 5.59. The number of unbranched alkanes of at least 4 members (excludes halogenated alkanes) is 4. The molecule has 2 atom stereocenters. The van der Waals surface area contributed by atoms with Crippen LogP contribution in [0, 0.1) is 0 Å². The summed E-state index contributed by atoms with van der Waals surface area (Å²) in [4.78, 5) is 23.5. The second-order valence-electron chi connectivity index (χ2n) is 5.72. The molecule has 0 saturated carbocycles. The van der Waals surface area contributed by atoms with Crippen molar-refractivity contribution in [1.29, 1.82) is 0 Å². The highest BCUT2D eigenvalue weighted by Gasteiger charge is 2.20. The van der Waals surface area contributed by atoms with Crippen molar-refractivity contribution in [2.75, 3.05) is 0 Å². The summed E-state index contributed by atoms with van der Waals surface area (Å²) in [7, 11) is 0. The molecule has 0 aliphatic rings. The van der Waals surface area contributed by atoms with Gasteiger partial charge in [0.2, 0.25) is 6.29 Å². The quantitative estimate of drug-likeness (QED) is 0.240. The van der Waals surface area contributed by atoms with Crippen molar-refractivity contribution in [3.8, 4) is 0 Å². The van der Waals surface area contributed by atoms with E-state index in [1.807, 2.05) is 13.8 Å². The molecule has 0 saturated heterocycles. The van der Waals surface area contributed by atoms with Crippen molar-refractivity contribution >= 4 is 37.2 Å². The highest BCUT2D eigenvalue weighted by Crippen LogP contribution is 2.14. The van der Waals surface area contributed by atoms with Crippen molar-refractivity contribution in [3.63, 3.8) is 0 Å². The third-order valence-corrected chi connectivity index (χ3v) is 3.36. The number of carbonyl (C=O) groups excluding carboxylic acids is 2. The minimum absolute atomic E-state index is 0.0779. The Morgan fingerprint density at radius 2 is 1.32 bits per heavy atom. The molecule has 0 fully saturated rings. The first kappa shape index (κ1) is 21.6. The predicted octanol–water partition coefficient (Wildman–Crippen LogP) is 4.18. The van der Waals surface area contributed by atoms with Crippen LogP contribution in [0.15, 0.2) is 0 Å². The Hall–Kier alpha value is -0.360. The molecule has 0 aromatic carbocycles. The van der Waals surface area contributed by atoms with Gasteiger partial charge in [-0.1, -0.05) is 46.5 Å². The monoisotopic (exact) mass is 350 g/mol. The molecular formula is C16H30O4S2. The highest BCUT2D eigenvalue weighted by atomic mass is 32.1. The first-order chi connectivity index (χ1) is 10.3. The van der Waals surface area contributed by atoms with Gasteiger partial charge in [0, 0.05) is 16.9 Å². The van der Waals surface area contributed by atoms with Gasteiger partial charge in [0.25, 0.3) is 0 Å². The van der Waals surface area contributed by atoms with Crippen LogP contribution in [0.1, 0.15) is 72.1 Å². The maximum atomic E-state index is 11.7. The average Bonchev–Trinajstić information content (AvgIpc) is 2.36. The van der Waals surface area contributed by atoms with Gasteiger partial charge in [0.15, 0.2) is 0 Å². The van der Waals surface area contributed by atoms with Gasteiger partial charge in [-0.3, -0.25) is 9.59 Å². The van der Waals surface area contributed by atoms with Crippen molar-refractivity contribution in [3.05, 3.63) is 0 Å². The van der Waals surface area contributed by atoms with Crippen LogP contribution in [0.2, 0.25) is 0 Å². The SMILES string of the molecule is CCCCCCCC(OC(=O)CC(C)S)OC(=O)CC(C)S. The lowest BCUT2D eigenvalue weighted by Gasteiger charge is -2.19. The van der Waals surface area contributed by atoms with E-state index in [4.69, 9.17) is 9.47 Å². The van der Waals surface area contributed by atoms with Gasteiger partial charge in [-0.15, -0.1) is 0 Å². The first-order valence-electron chi connectivity index (χ1n) is 8.10. The van der Waals surface area contributed by atoms with E-state index in [1.165, 1.54) is 12.8 Å². The summed E-state index contributed by atoms with van der Waals surface area (Å²) in [5.74, 6) is -0.763. The molecule has 0 aliphatic heterocycles. The van der Waals surface area contributed by atoms with E-state index in [0.717, 1.165) is 19.3 Å². The maximum Gasteiger partial charge on any atom is 0.309 e. The first-order valence-corrected chi connectivity index (χ1v) is 9.13. The summed E-state index contributed by atoms with van der Waals surface area (Å²) >= 11 is 8.33. The van der Waals surface area contributed by atoms with Crippen molar-refractivity contribution in [2.45, 2.75) is 88.9 Å². The van der Waals surface area contributed by atoms with E-state index in [1.54, 1.807) is 0 Å². The van der Waals surface area contributed by atoms with Crippen molar-refractivity contribution in [2.24, 2.45) is 0 Å². The zero-order valence-electron chi connectivity index (χ0n) is 13.9. The molecule has 0 spiro atoms. The molecule has 0 radical (unpaired) electrons. The van der Waals surface area contributed by atoms with E-state index in [0.29, 0.717) is 6.42 Å². The smallest absolute Gasteiger partial charge is 0.309 e. The summed E-state index contributed by atoms with van der Waals surface area (Å²) < 4.78 is 10.5. The number of hydrogen-bond donors (Lipinski definition) is 2. The van der Waals surface area contributed by atoms with E-state index >= 15 is 0 Å². The summed E-state index contributed by atoms with van der Waals surface area (Å²) in [5, 5.41) is -0.156. The lowest BCUT2D eigenvalue weighted by molar-refractivity contribution is -0.189. The lowest BCUT2D eigenvalue weighted by Crippen LogP contribution is -2.26. The second-order valence-corrected chi connectivity index (χ2v) is 7.48. The van der Waals surface area contributed by atoms with Crippen LogP contribution < -0.4 is 0 Å². The van der Waals surface area contributed by atoms with E-state index in [9.17, 15) is 9.59 Å². The molecule has 0 aromatic heterocycles. The van der Waals surface area contributed by atoms with Crippen molar-refractivity contribution in [1.82, 2.24) is 0 Å². The Labute approximate surface area is 145 Å². The number of ether oxygens (including phenoxy) is 2. The number of carbonyl (C=O) groups is 2. The van der Waals surface area contributed by atoms with Gasteiger partial charge in [0.1, 0.15) is 0 Å². The summed E-state index contributed by atoms with van der Waals surface area (Å²) in [5.41, 5.74) is 0. The zero-order valence-corrected chi connectivity index (χ0v) is 15.7. The Balaban J connectivity index is 4.29. The molecule has 4 nitrogen and oxygen atoms in total. The zero-order chi connectivity index (χ0) is 17.0. The van der Waals surface area contributed by atoms with Gasteiger partial charge < -0.3 is 9.47 Å². The molecule has 6 heteroatoms. The Morgan fingerprint density at radius 1 is 0.864 bits per heavy atom. The number of hydrogen-bond acceptors (Lipinski definition) is 6. The Bertz CT molecular complexity index is 295. The van der Waals surface area contributed by atoms with Gasteiger partial charge in [-0.25, -0.2) is 0 Å². The van der Waals surface area contributed by atoms with Crippen LogP contribution in [-0.4, -0.2) is 28.7 Å². The van der Waals surface area contributed by atoms with Gasteiger partial charge >= 0.3 is 11.9 Å². The predicted molar refractivity (Wildman–Crippen MR) is 95.5 cm³/mol. The van der Waals surface area contributed by atoms with Crippen LogP contribution in [0.5, 0.6) is 0 Å². The van der Waals surface area contributed by atoms with Crippen molar-refractivity contribution < 1.29 is 19.1 Å². The molecule has 2 unspecified atom stereocenters. The minimum atomic E-state index is -0.791. The fourth-order valence-corrected chi connectivity index (χ4v) is 2.23. The lowest BCUT2D eigenvalue weighted by atomic mass is 10.1. The molecular weight excluding hydrogens is 320 g/mol. The second kappa shape index (κ2) is 13.1.